The first-order valence-corrected chi connectivity index (χ1v) is 5.85. The van der Waals surface area contributed by atoms with E-state index in [2.05, 4.69) is 0 Å². The Labute approximate surface area is 101 Å². The van der Waals surface area contributed by atoms with Crippen molar-refractivity contribution in [1.82, 2.24) is 0 Å². The van der Waals surface area contributed by atoms with Crippen molar-refractivity contribution >= 4 is 11.9 Å². The van der Waals surface area contributed by atoms with Crippen molar-refractivity contribution < 1.29 is 19.8 Å². The van der Waals surface area contributed by atoms with E-state index in [-0.39, 0.29) is 18.3 Å². The van der Waals surface area contributed by atoms with E-state index in [4.69, 9.17) is 0 Å². The summed E-state index contributed by atoms with van der Waals surface area (Å²) >= 11 is 0. The maximum atomic E-state index is 11.5. The Morgan fingerprint density at radius 1 is 1.18 bits per heavy atom. The van der Waals surface area contributed by atoms with Gasteiger partial charge in [-0.2, -0.15) is 0 Å². The third kappa shape index (κ3) is 2.08. The molecule has 0 saturated heterocycles. The standard InChI is InChI=1S/C13H20O4/c1-7(2)10-5-8(3)9(4)6-13(10,11(14)15)12(16)17/h7,10H,5-6H2,1-4H3,(H,14,15)(H,16,17). The molecule has 1 atom stereocenters. The molecule has 1 unspecified atom stereocenters. The molecule has 0 bridgehead atoms. The first-order chi connectivity index (χ1) is 7.73. The molecule has 0 aliphatic heterocycles. The van der Waals surface area contributed by atoms with Crippen molar-refractivity contribution in [2.75, 3.05) is 0 Å². The van der Waals surface area contributed by atoms with Crippen molar-refractivity contribution in [2.24, 2.45) is 17.3 Å². The molecule has 1 rings (SSSR count). The Bertz CT molecular complexity index is 365. The molecule has 0 heterocycles. The lowest BCUT2D eigenvalue weighted by molar-refractivity contribution is -0.171. The number of hydrogen-bond acceptors (Lipinski definition) is 2. The van der Waals surface area contributed by atoms with Crippen LogP contribution in [0.25, 0.3) is 0 Å². The fourth-order valence-electron chi connectivity index (χ4n) is 2.74. The molecule has 0 fully saturated rings. The third-order valence-electron chi connectivity index (χ3n) is 4.00. The lowest BCUT2D eigenvalue weighted by Crippen LogP contribution is -2.49. The molecule has 96 valence electrons. The Morgan fingerprint density at radius 2 is 1.65 bits per heavy atom. The summed E-state index contributed by atoms with van der Waals surface area (Å²) in [6.07, 6.45) is 0.675. The molecule has 1 aliphatic carbocycles. The highest BCUT2D eigenvalue weighted by atomic mass is 16.4. The summed E-state index contributed by atoms with van der Waals surface area (Å²) in [5, 5.41) is 18.8. The summed E-state index contributed by atoms with van der Waals surface area (Å²) in [5.41, 5.74) is 0.367. The molecular formula is C13H20O4. The third-order valence-corrected chi connectivity index (χ3v) is 4.00. The highest BCUT2D eigenvalue weighted by Gasteiger charge is 2.55. The van der Waals surface area contributed by atoms with Crippen LogP contribution in [-0.4, -0.2) is 22.2 Å². The monoisotopic (exact) mass is 240 g/mol. The van der Waals surface area contributed by atoms with Crippen LogP contribution in [0.2, 0.25) is 0 Å². The van der Waals surface area contributed by atoms with Gasteiger partial charge in [0.2, 0.25) is 0 Å². The first kappa shape index (κ1) is 13.7. The van der Waals surface area contributed by atoms with Crippen molar-refractivity contribution in [1.29, 1.82) is 0 Å². The van der Waals surface area contributed by atoms with Crippen molar-refractivity contribution in [3.05, 3.63) is 11.1 Å². The van der Waals surface area contributed by atoms with E-state index in [1.165, 1.54) is 0 Å². The molecule has 4 nitrogen and oxygen atoms in total. The number of carboxylic acid groups (broad SMARTS) is 2. The van der Waals surface area contributed by atoms with Crippen molar-refractivity contribution in [3.8, 4) is 0 Å². The SMILES string of the molecule is CC1=C(C)CC(C(=O)O)(C(=O)O)C(C(C)C)C1. The van der Waals surface area contributed by atoms with Crippen LogP contribution in [0.3, 0.4) is 0 Å². The van der Waals surface area contributed by atoms with Gasteiger partial charge in [-0.15, -0.1) is 0 Å². The highest BCUT2D eigenvalue weighted by molar-refractivity contribution is 5.99. The molecule has 0 radical (unpaired) electrons. The van der Waals surface area contributed by atoms with Gasteiger partial charge in [0, 0.05) is 0 Å². The van der Waals surface area contributed by atoms with Gasteiger partial charge in [-0.1, -0.05) is 25.0 Å². The van der Waals surface area contributed by atoms with Crippen molar-refractivity contribution in [3.63, 3.8) is 0 Å². The minimum Gasteiger partial charge on any atom is -0.480 e. The van der Waals surface area contributed by atoms with Crippen LogP contribution in [0.15, 0.2) is 11.1 Å². The molecule has 0 aromatic carbocycles. The maximum Gasteiger partial charge on any atom is 0.321 e. The van der Waals surface area contributed by atoms with E-state index in [1.54, 1.807) is 0 Å². The summed E-state index contributed by atoms with van der Waals surface area (Å²) < 4.78 is 0. The predicted molar refractivity (Wildman–Crippen MR) is 63.6 cm³/mol. The number of carbonyl (C=O) groups is 2. The van der Waals surface area contributed by atoms with E-state index in [1.807, 2.05) is 27.7 Å². The van der Waals surface area contributed by atoms with Gasteiger partial charge in [0.1, 0.15) is 0 Å². The molecule has 17 heavy (non-hydrogen) atoms. The zero-order valence-corrected chi connectivity index (χ0v) is 10.8. The Balaban J connectivity index is 3.34. The van der Waals surface area contributed by atoms with Crippen LogP contribution < -0.4 is 0 Å². The summed E-state index contributed by atoms with van der Waals surface area (Å²) in [4.78, 5) is 23.0. The smallest absolute Gasteiger partial charge is 0.321 e. The van der Waals surface area contributed by atoms with E-state index in [0.29, 0.717) is 6.42 Å². The van der Waals surface area contributed by atoms with Gasteiger partial charge in [0.15, 0.2) is 5.41 Å². The van der Waals surface area contributed by atoms with Gasteiger partial charge >= 0.3 is 11.9 Å². The molecule has 2 N–H and O–H groups in total. The Kier molecular flexibility index (Phi) is 3.65. The van der Waals surface area contributed by atoms with E-state index in [0.717, 1.165) is 11.1 Å². The van der Waals surface area contributed by atoms with Crippen LogP contribution in [0.1, 0.15) is 40.5 Å². The molecule has 0 amide bonds. The first-order valence-electron chi connectivity index (χ1n) is 5.85. The average molecular weight is 240 g/mol. The molecule has 0 aromatic rings. The Morgan fingerprint density at radius 3 is 2.00 bits per heavy atom. The van der Waals surface area contributed by atoms with E-state index < -0.39 is 17.4 Å². The molecule has 1 aliphatic rings. The highest BCUT2D eigenvalue weighted by Crippen LogP contribution is 2.47. The lowest BCUT2D eigenvalue weighted by atomic mass is 9.61. The Hall–Kier alpha value is -1.32. The van der Waals surface area contributed by atoms with E-state index in [9.17, 15) is 19.8 Å². The predicted octanol–water partition coefficient (Wildman–Crippen LogP) is 2.54. The van der Waals surface area contributed by atoms with Crippen LogP contribution in [0, 0.1) is 17.3 Å². The number of allylic oxidation sites excluding steroid dienone is 2. The van der Waals surface area contributed by atoms with Gasteiger partial charge in [-0.25, -0.2) is 0 Å². The molecule has 0 saturated carbocycles. The summed E-state index contributed by atoms with van der Waals surface area (Å²) in [6.45, 7) is 7.56. The molecule has 0 spiro atoms. The maximum absolute atomic E-state index is 11.5. The summed E-state index contributed by atoms with van der Waals surface area (Å²) in [7, 11) is 0. The number of carboxylic acids is 2. The average Bonchev–Trinajstić information content (AvgIpc) is 2.20. The van der Waals surface area contributed by atoms with Crippen LogP contribution in [-0.2, 0) is 9.59 Å². The second kappa shape index (κ2) is 4.51. The minimum atomic E-state index is -1.65. The molecule has 4 heteroatoms. The van der Waals surface area contributed by atoms with Crippen molar-refractivity contribution in [2.45, 2.75) is 40.5 Å². The second-order valence-corrected chi connectivity index (χ2v) is 5.37. The van der Waals surface area contributed by atoms with Gasteiger partial charge in [0.05, 0.1) is 0 Å². The van der Waals surface area contributed by atoms with Crippen LogP contribution >= 0.6 is 0 Å². The number of hydrogen-bond donors (Lipinski definition) is 2. The fraction of sp³-hybridized carbons (Fsp3) is 0.692. The normalized spacial score (nSPS) is 23.9. The topological polar surface area (TPSA) is 74.6 Å². The number of aliphatic carboxylic acids is 2. The molecular weight excluding hydrogens is 220 g/mol. The number of rotatable bonds is 3. The van der Waals surface area contributed by atoms with Gasteiger partial charge < -0.3 is 10.2 Å². The molecule has 0 aromatic heterocycles. The second-order valence-electron chi connectivity index (χ2n) is 5.37. The fourth-order valence-corrected chi connectivity index (χ4v) is 2.74. The van der Waals surface area contributed by atoms with Gasteiger partial charge in [-0.05, 0) is 38.5 Å². The zero-order chi connectivity index (χ0) is 13.4. The van der Waals surface area contributed by atoms with E-state index >= 15 is 0 Å². The largest absolute Gasteiger partial charge is 0.480 e. The van der Waals surface area contributed by atoms with Gasteiger partial charge in [0.25, 0.3) is 0 Å². The van der Waals surface area contributed by atoms with Crippen LogP contribution in [0.5, 0.6) is 0 Å². The lowest BCUT2D eigenvalue weighted by Gasteiger charge is -2.40. The zero-order valence-electron chi connectivity index (χ0n) is 10.8. The summed E-state index contributed by atoms with van der Waals surface area (Å²) in [5.74, 6) is -2.74. The quantitative estimate of drug-likeness (QED) is 0.587. The van der Waals surface area contributed by atoms with Crippen LogP contribution in [0.4, 0.5) is 0 Å². The summed E-state index contributed by atoms with van der Waals surface area (Å²) in [6, 6.07) is 0. The van der Waals surface area contributed by atoms with Gasteiger partial charge in [-0.3, -0.25) is 9.59 Å². The minimum absolute atomic E-state index is 0.0326.